The van der Waals surface area contributed by atoms with Crippen LogP contribution in [-0.4, -0.2) is 31.0 Å². The normalized spacial score (nSPS) is 10.4. The van der Waals surface area contributed by atoms with Crippen LogP contribution in [0.4, 0.5) is 11.4 Å². The number of nitro benzene ring substituents is 1. The Labute approximate surface area is 122 Å². The van der Waals surface area contributed by atoms with Crippen molar-refractivity contribution in [2.24, 2.45) is 5.92 Å². The second kappa shape index (κ2) is 7.09. The molecule has 1 aromatic carbocycles. The number of benzene rings is 1. The third-order valence-corrected chi connectivity index (χ3v) is 2.95. The highest BCUT2D eigenvalue weighted by Crippen LogP contribution is 2.34. The van der Waals surface area contributed by atoms with E-state index in [0.717, 1.165) is 0 Å². The molecule has 1 N–H and O–H groups in total. The fourth-order valence-electron chi connectivity index (χ4n) is 1.67. The maximum Gasteiger partial charge on any atom is 0.310 e. The van der Waals surface area contributed by atoms with E-state index in [2.05, 4.69) is 5.32 Å². The van der Waals surface area contributed by atoms with Crippen LogP contribution in [0, 0.1) is 16.0 Å². The molecule has 0 aliphatic heterocycles. The highest BCUT2D eigenvalue weighted by atomic mass is 35.5. The number of likely N-dealkylation sites (N-methyl/N-ethyl adjacent to an activating group) is 1. The first-order valence-electron chi connectivity index (χ1n) is 6.23. The second-order valence-electron chi connectivity index (χ2n) is 4.92. The standard InChI is InChI=1S/C13H18ClN3O3/c1-9(2)7-15-12(18)8-16(3)11-6-4-5-10(14)13(11)17(19)20/h4-6,9H,7-8H2,1-3H3,(H,15,18). The highest BCUT2D eigenvalue weighted by molar-refractivity contribution is 6.33. The van der Waals surface area contributed by atoms with Crippen LogP contribution >= 0.6 is 11.6 Å². The number of carbonyl (C=O) groups is 1. The van der Waals surface area contributed by atoms with E-state index in [0.29, 0.717) is 18.2 Å². The van der Waals surface area contributed by atoms with E-state index >= 15 is 0 Å². The smallest absolute Gasteiger partial charge is 0.310 e. The molecular weight excluding hydrogens is 282 g/mol. The number of hydrogen-bond donors (Lipinski definition) is 1. The van der Waals surface area contributed by atoms with Gasteiger partial charge in [-0.1, -0.05) is 31.5 Å². The monoisotopic (exact) mass is 299 g/mol. The van der Waals surface area contributed by atoms with Gasteiger partial charge in [0, 0.05) is 13.6 Å². The molecular formula is C13H18ClN3O3. The minimum absolute atomic E-state index is 0.0356. The minimum Gasteiger partial charge on any atom is -0.360 e. The van der Waals surface area contributed by atoms with E-state index in [1.165, 1.54) is 11.0 Å². The van der Waals surface area contributed by atoms with Crippen LogP contribution in [0.15, 0.2) is 18.2 Å². The van der Waals surface area contributed by atoms with E-state index in [4.69, 9.17) is 11.6 Å². The van der Waals surface area contributed by atoms with E-state index in [9.17, 15) is 14.9 Å². The second-order valence-corrected chi connectivity index (χ2v) is 5.33. The van der Waals surface area contributed by atoms with Gasteiger partial charge in [-0.25, -0.2) is 0 Å². The van der Waals surface area contributed by atoms with Crippen molar-refractivity contribution in [3.63, 3.8) is 0 Å². The number of para-hydroxylation sites is 1. The van der Waals surface area contributed by atoms with Crippen LogP contribution < -0.4 is 10.2 Å². The molecule has 6 nitrogen and oxygen atoms in total. The first-order valence-corrected chi connectivity index (χ1v) is 6.61. The molecule has 110 valence electrons. The summed E-state index contributed by atoms with van der Waals surface area (Å²) in [6, 6.07) is 4.64. The molecule has 0 fully saturated rings. The maximum absolute atomic E-state index is 11.7. The van der Waals surface area contributed by atoms with Gasteiger partial charge in [-0.2, -0.15) is 0 Å². The van der Waals surface area contributed by atoms with Crippen molar-refractivity contribution in [3.05, 3.63) is 33.3 Å². The number of rotatable bonds is 6. The van der Waals surface area contributed by atoms with E-state index < -0.39 is 4.92 Å². The lowest BCUT2D eigenvalue weighted by molar-refractivity contribution is -0.384. The predicted molar refractivity (Wildman–Crippen MR) is 79.2 cm³/mol. The SMILES string of the molecule is CC(C)CNC(=O)CN(C)c1cccc(Cl)c1[N+](=O)[O-]. The molecule has 0 aliphatic carbocycles. The Morgan fingerprint density at radius 2 is 2.15 bits per heavy atom. The molecule has 1 rings (SSSR count). The van der Waals surface area contributed by atoms with Crippen molar-refractivity contribution in [2.45, 2.75) is 13.8 Å². The summed E-state index contributed by atoms with van der Waals surface area (Å²) in [7, 11) is 1.62. The molecule has 1 amide bonds. The zero-order valence-corrected chi connectivity index (χ0v) is 12.5. The Balaban J connectivity index is 2.82. The topological polar surface area (TPSA) is 75.5 Å². The Hall–Kier alpha value is -1.82. The summed E-state index contributed by atoms with van der Waals surface area (Å²) in [6.45, 7) is 4.59. The molecule has 0 unspecified atom stereocenters. The molecule has 0 radical (unpaired) electrons. The zero-order chi connectivity index (χ0) is 15.3. The van der Waals surface area contributed by atoms with Crippen LogP contribution in [0.25, 0.3) is 0 Å². The molecule has 0 aromatic heterocycles. The molecule has 0 spiro atoms. The van der Waals surface area contributed by atoms with Gasteiger partial charge in [0.1, 0.15) is 10.7 Å². The van der Waals surface area contributed by atoms with Crippen LogP contribution in [0.5, 0.6) is 0 Å². The molecule has 7 heteroatoms. The molecule has 0 heterocycles. The maximum atomic E-state index is 11.7. The van der Waals surface area contributed by atoms with Gasteiger partial charge in [-0.3, -0.25) is 14.9 Å². The van der Waals surface area contributed by atoms with Crippen molar-refractivity contribution in [1.29, 1.82) is 0 Å². The van der Waals surface area contributed by atoms with Crippen molar-refractivity contribution >= 4 is 28.9 Å². The summed E-state index contributed by atoms with van der Waals surface area (Å²) in [5, 5.41) is 13.9. The number of halogens is 1. The summed E-state index contributed by atoms with van der Waals surface area (Å²) < 4.78 is 0. The number of nitro groups is 1. The van der Waals surface area contributed by atoms with Crippen LogP contribution in [0.1, 0.15) is 13.8 Å². The van der Waals surface area contributed by atoms with E-state index in [1.807, 2.05) is 13.8 Å². The van der Waals surface area contributed by atoms with Gasteiger partial charge in [0.25, 0.3) is 0 Å². The Bertz CT molecular complexity index is 506. The molecule has 1 aromatic rings. The largest absolute Gasteiger partial charge is 0.360 e. The highest BCUT2D eigenvalue weighted by Gasteiger charge is 2.22. The summed E-state index contributed by atoms with van der Waals surface area (Å²) >= 11 is 5.84. The predicted octanol–water partition coefficient (Wildman–Crippen LogP) is 2.46. The molecule has 0 aliphatic rings. The van der Waals surface area contributed by atoms with Gasteiger partial charge in [0.05, 0.1) is 11.5 Å². The fourth-order valence-corrected chi connectivity index (χ4v) is 1.91. The first kappa shape index (κ1) is 16.2. The average Bonchev–Trinajstić information content (AvgIpc) is 2.35. The number of anilines is 1. The van der Waals surface area contributed by atoms with Crippen molar-refractivity contribution in [1.82, 2.24) is 5.32 Å². The van der Waals surface area contributed by atoms with Crippen LogP contribution in [0.3, 0.4) is 0 Å². The average molecular weight is 300 g/mol. The van der Waals surface area contributed by atoms with Gasteiger partial charge < -0.3 is 10.2 Å². The summed E-state index contributed by atoms with van der Waals surface area (Å²) in [5.41, 5.74) is 0.135. The lowest BCUT2D eigenvalue weighted by Crippen LogP contribution is -2.37. The van der Waals surface area contributed by atoms with E-state index in [-0.39, 0.29) is 23.2 Å². The minimum atomic E-state index is -0.541. The van der Waals surface area contributed by atoms with Crippen LogP contribution in [-0.2, 0) is 4.79 Å². The summed E-state index contributed by atoms with van der Waals surface area (Å²) in [6.07, 6.45) is 0. The van der Waals surface area contributed by atoms with Gasteiger partial charge in [-0.15, -0.1) is 0 Å². The molecule has 20 heavy (non-hydrogen) atoms. The third-order valence-electron chi connectivity index (χ3n) is 2.65. The number of nitrogens with one attached hydrogen (secondary N) is 1. The fraction of sp³-hybridized carbons (Fsp3) is 0.462. The van der Waals surface area contributed by atoms with Gasteiger partial charge >= 0.3 is 5.69 Å². The Morgan fingerprint density at radius 1 is 1.50 bits per heavy atom. The van der Waals surface area contributed by atoms with E-state index in [1.54, 1.807) is 19.2 Å². The van der Waals surface area contributed by atoms with Gasteiger partial charge in [0.15, 0.2) is 0 Å². The third kappa shape index (κ3) is 4.38. The number of amides is 1. The van der Waals surface area contributed by atoms with Crippen molar-refractivity contribution in [3.8, 4) is 0 Å². The zero-order valence-electron chi connectivity index (χ0n) is 11.7. The lowest BCUT2D eigenvalue weighted by atomic mass is 10.2. The molecule has 0 saturated heterocycles. The number of carbonyl (C=O) groups excluding carboxylic acids is 1. The van der Waals surface area contributed by atoms with Crippen molar-refractivity contribution in [2.75, 3.05) is 25.0 Å². The van der Waals surface area contributed by atoms with Crippen molar-refractivity contribution < 1.29 is 9.72 Å². The number of nitrogens with zero attached hydrogens (tertiary/aromatic N) is 2. The molecule has 0 atom stereocenters. The first-order chi connectivity index (χ1) is 9.32. The lowest BCUT2D eigenvalue weighted by Gasteiger charge is -2.19. The van der Waals surface area contributed by atoms with Gasteiger partial charge in [-0.05, 0) is 18.1 Å². The van der Waals surface area contributed by atoms with Gasteiger partial charge in [0.2, 0.25) is 5.91 Å². The molecule has 0 bridgehead atoms. The summed E-state index contributed by atoms with van der Waals surface area (Å²) in [4.78, 5) is 23.8. The Kier molecular flexibility index (Phi) is 5.76. The molecule has 0 saturated carbocycles. The quantitative estimate of drug-likeness (QED) is 0.646. The Morgan fingerprint density at radius 3 is 2.70 bits per heavy atom. The number of hydrogen-bond acceptors (Lipinski definition) is 4. The summed E-state index contributed by atoms with van der Waals surface area (Å²) in [5.74, 6) is 0.167. The van der Waals surface area contributed by atoms with Crippen LogP contribution in [0.2, 0.25) is 5.02 Å².